The molecule has 1 aliphatic rings. The standard InChI is InChI=1S/C13H20N2.2C2H6/c1-2-5-12-6-3-4-7-13(12)15-10-8-14-9-11-15;2*1-2/h3-4,6-7,14H,2,5,8-11H2,1H3;2*1-2H3. The van der Waals surface area contributed by atoms with E-state index in [1.165, 1.54) is 24.1 Å². The van der Waals surface area contributed by atoms with Gasteiger partial charge >= 0.3 is 0 Å². The largest absolute Gasteiger partial charge is 0.369 e. The number of piperazine rings is 1. The van der Waals surface area contributed by atoms with Gasteiger partial charge in [0, 0.05) is 31.9 Å². The van der Waals surface area contributed by atoms with Crippen molar-refractivity contribution in [2.45, 2.75) is 47.5 Å². The van der Waals surface area contributed by atoms with Crippen LogP contribution in [-0.2, 0) is 6.42 Å². The highest BCUT2D eigenvalue weighted by atomic mass is 15.2. The molecule has 1 fully saturated rings. The molecule has 1 aromatic rings. The molecule has 2 rings (SSSR count). The molecule has 1 aromatic carbocycles. The Bertz CT molecular complexity index is 304. The summed E-state index contributed by atoms with van der Waals surface area (Å²) in [7, 11) is 0. The summed E-state index contributed by atoms with van der Waals surface area (Å²) in [4.78, 5) is 2.50. The summed E-state index contributed by atoms with van der Waals surface area (Å²) >= 11 is 0. The van der Waals surface area contributed by atoms with Crippen molar-refractivity contribution >= 4 is 5.69 Å². The fourth-order valence-corrected chi connectivity index (χ4v) is 2.21. The molecular weight excluding hydrogens is 232 g/mol. The van der Waals surface area contributed by atoms with E-state index in [2.05, 4.69) is 41.4 Å². The average Bonchev–Trinajstić information content (AvgIpc) is 2.53. The molecular formula is C17H32N2. The highest BCUT2D eigenvalue weighted by Crippen LogP contribution is 2.21. The number of nitrogens with zero attached hydrogens (tertiary/aromatic N) is 1. The van der Waals surface area contributed by atoms with Gasteiger partial charge in [-0.15, -0.1) is 0 Å². The van der Waals surface area contributed by atoms with Crippen LogP contribution in [0.2, 0.25) is 0 Å². The second-order valence-electron chi connectivity index (χ2n) is 4.12. The van der Waals surface area contributed by atoms with Crippen molar-refractivity contribution in [1.29, 1.82) is 0 Å². The summed E-state index contributed by atoms with van der Waals surface area (Å²) in [6.45, 7) is 14.7. The zero-order chi connectivity index (χ0) is 14.5. The maximum Gasteiger partial charge on any atom is 0.0399 e. The molecule has 0 aliphatic carbocycles. The van der Waals surface area contributed by atoms with E-state index in [4.69, 9.17) is 0 Å². The lowest BCUT2D eigenvalue weighted by atomic mass is 10.1. The number of anilines is 1. The summed E-state index contributed by atoms with van der Waals surface area (Å²) in [5, 5.41) is 3.39. The first-order valence-corrected chi connectivity index (χ1v) is 7.95. The van der Waals surface area contributed by atoms with E-state index in [1.807, 2.05) is 27.7 Å². The van der Waals surface area contributed by atoms with Gasteiger partial charge in [-0.1, -0.05) is 59.2 Å². The van der Waals surface area contributed by atoms with Crippen molar-refractivity contribution in [3.05, 3.63) is 29.8 Å². The van der Waals surface area contributed by atoms with Crippen LogP contribution in [-0.4, -0.2) is 26.2 Å². The third-order valence-corrected chi connectivity index (χ3v) is 2.97. The molecule has 1 heterocycles. The van der Waals surface area contributed by atoms with Gasteiger partial charge in [0.15, 0.2) is 0 Å². The summed E-state index contributed by atoms with van der Waals surface area (Å²) in [6.07, 6.45) is 2.42. The number of para-hydroxylation sites is 1. The predicted octanol–water partition coefficient (Wildman–Crippen LogP) is 4.10. The second kappa shape index (κ2) is 12.0. The van der Waals surface area contributed by atoms with Crippen molar-refractivity contribution in [3.63, 3.8) is 0 Å². The van der Waals surface area contributed by atoms with E-state index < -0.39 is 0 Å². The van der Waals surface area contributed by atoms with Crippen LogP contribution in [0.1, 0.15) is 46.6 Å². The Morgan fingerprint density at radius 3 is 2.16 bits per heavy atom. The lowest BCUT2D eigenvalue weighted by Crippen LogP contribution is -2.43. The summed E-state index contributed by atoms with van der Waals surface area (Å²) in [6, 6.07) is 8.82. The first-order chi connectivity index (χ1) is 9.42. The van der Waals surface area contributed by atoms with Crippen LogP contribution in [0.4, 0.5) is 5.69 Å². The highest BCUT2D eigenvalue weighted by Gasteiger charge is 2.12. The topological polar surface area (TPSA) is 15.3 Å². The van der Waals surface area contributed by atoms with Gasteiger partial charge in [-0.25, -0.2) is 0 Å². The Balaban J connectivity index is 0.000000741. The first-order valence-electron chi connectivity index (χ1n) is 7.95. The van der Waals surface area contributed by atoms with Gasteiger partial charge in [0.2, 0.25) is 0 Å². The maximum atomic E-state index is 3.39. The number of hydrogen-bond donors (Lipinski definition) is 1. The fraction of sp³-hybridized carbons (Fsp3) is 0.647. The molecule has 110 valence electrons. The van der Waals surface area contributed by atoms with Gasteiger partial charge in [-0.3, -0.25) is 0 Å². The van der Waals surface area contributed by atoms with Crippen LogP contribution >= 0.6 is 0 Å². The monoisotopic (exact) mass is 264 g/mol. The predicted molar refractivity (Wildman–Crippen MR) is 88.2 cm³/mol. The van der Waals surface area contributed by atoms with Gasteiger partial charge in [-0.05, 0) is 18.1 Å². The molecule has 0 bridgehead atoms. The molecule has 2 heteroatoms. The smallest absolute Gasteiger partial charge is 0.0399 e. The van der Waals surface area contributed by atoms with Gasteiger partial charge in [0.25, 0.3) is 0 Å². The van der Waals surface area contributed by atoms with Gasteiger partial charge in [-0.2, -0.15) is 0 Å². The van der Waals surface area contributed by atoms with Crippen LogP contribution in [0.25, 0.3) is 0 Å². The molecule has 0 atom stereocenters. The van der Waals surface area contributed by atoms with E-state index in [-0.39, 0.29) is 0 Å². The van der Waals surface area contributed by atoms with E-state index >= 15 is 0 Å². The van der Waals surface area contributed by atoms with Crippen LogP contribution in [0.5, 0.6) is 0 Å². The number of rotatable bonds is 3. The summed E-state index contributed by atoms with van der Waals surface area (Å²) < 4.78 is 0. The van der Waals surface area contributed by atoms with Gasteiger partial charge in [0.1, 0.15) is 0 Å². The molecule has 2 nitrogen and oxygen atoms in total. The van der Waals surface area contributed by atoms with E-state index in [0.29, 0.717) is 0 Å². The third-order valence-electron chi connectivity index (χ3n) is 2.97. The molecule has 0 unspecified atom stereocenters. The molecule has 0 aromatic heterocycles. The zero-order valence-electron chi connectivity index (χ0n) is 13.5. The molecule has 1 saturated heterocycles. The molecule has 0 saturated carbocycles. The maximum absolute atomic E-state index is 3.39. The van der Waals surface area contributed by atoms with Crippen molar-refractivity contribution in [2.24, 2.45) is 0 Å². The molecule has 1 aliphatic heterocycles. The number of benzene rings is 1. The van der Waals surface area contributed by atoms with Crippen LogP contribution < -0.4 is 10.2 Å². The van der Waals surface area contributed by atoms with Gasteiger partial charge in [0.05, 0.1) is 0 Å². The zero-order valence-corrected chi connectivity index (χ0v) is 13.5. The molecule has 1 N–H and O–H groups in total. The molecule has 0 amide bonds. The second-order valence-corrected chi connectivity index (χ2v) is 4.12. The number of aryl methyl sites for hydroxylation is 1. The fourth-order valence-electron chi connectivity index (χ4n) is 2.21. The Labute approximate surface area is 120 Å². The SMILES string of the molecule is CC.CC.CCCc1ccccc1N1CCNCC1. The first kappa shape index (κ1) is 18.0. The normalized spacial score (nSPS) is 13.8. The summed E-state index contributed by atoms with van der Waals surface area (Å²) in [5.74, 6) is 0. The third kappa shape index (κ3) is 6.11. The quantitative estimate of drug-likeness (QED) is 0.884. The van der Waals surface area contributed by atoms with Crippen LogP contribution in [0.3, 0.4) is 0 Å². The van der Waals surface area contributed by atoms with Crippen molar-refractivity contribution in [3.8, 4) is 0 Å². The highest BCUT2D eigenvalue weighted by molar-refractivity contribution is 5.54. The number of hydrogen-bond acceptors (Lipinski definition) is 2. The van der Waals surface area contributed by atoms with Crippen molar-refractivity contribution < 1.29 is 0 Å². The Kier molecular flexibility index (Phi) is 11.4. The van der Waals surface area contributed by atoms with Gasteiger partial charge < -0.3 is 10.2 Å². The molecule has 0 radical (unpaired) electrons. The Hall–Kier alpha value is -1.02. The minimum absolute atomic E-state index is 1.11. The average molecular weight is 264 g/mol. The Morgan fingerprint density at radius 1 is 1.00 bits per heavy atom. The Morgan fingerprint density at radius 2 is 1.58 bits per heavy atom. The van der Waals surface area contributed by atoms with E-state index in [1.54, 1.807) is 0 Å². The number of nitrogens with one attached hydrogen (secondary N) is 1. The summed E-state index contributed by atoms with van der Waals surface area (Å²) in [5.41, 5.74) is 2.95. The van der Waals surface area contributed by atoms with Crippen LogP contribution in [0, 0.1) is 0 Å². The van der Waals surface area contributed by atoms with E-state index in [9.17, 15) is 0 Å². The minimum atomic E-state index is 1.11. The lowest BCUT2D eigenvalue weighted by molar-refractivity contribution is 0.587. The molecule has 19 heavy (non-hydrogen) atoms. The van der Waals surface area contributed by atoms with Crippen molar-refractivity contribution in [2.75, 3.05) is 31.1 Å². The molecule has 0 spiro atoms. The minimum Gasteiger partial charge on any atom is -0.369 e. The van der Waals surface area contributed by atoms with Crippen LogP contribution in [0.15, 0.2) is 24.3 Å². The van der Waals surface area contributed by atoms with Crippen molar-refractivity contribution in [1.82, 2.24) is 5.32 Å². The van der Waals surface area contributed by atoms with E-state index in [0.717, 1.165) is 26.2 Å². The lowest BCUT2D eigenvalue weighted by Gasteiger charge is -2.31.